The van der Waals surface area contributed by atoms with Crippen LogP contribution in [0.3, 0.4) is 0 Å². The first-order chi connectivity index (χ1) is 3.63. The molecule has 0 atom stereocenters. The summed E-state index contributed by atoms with van der Waals surface area (Å²) in [6, 6.07) is 0. The number of carbonyl (C=O) groups excluding carboxylic acids is 2. The zero-order chi connectivity index (χ0) is 6.57. The molecule has 0 amide bonds. The van der Waals surface area contributed by atoms with Crippen molar-refractivity contribution in [3.05, 3.63) is 12.2 Å². The second-order valence-corrected chi connectivity index (χ2v) is 0.971. The molecule has 0 N–H and O–H groups in total. The van der Waals surface area contributed by atoms with Gasteiger partial charge in [-0.05, 0) is 12.2 Å². The Morgan fingerprint density at radius 1 is 1.00 bits per heavy atom. The van der Waals surface area contributed by atoms with Gasteiger partial charge in [0.2, 0.25) is 0 Å². The van der Waals surface area contributed by atoms with Gasteiger partial charge in [-0.25, -0.2) is 0 Å². The second kappa shape index (κ2) is 10.3. The van der Waals surface area contributed by atoms with Crippen LogP contribution in [0.2, 0.25) is 0 Å². The van der Waals surface area contributed by atoms with Crippen LogP contribution in [0, 0.1) is 0 Å². The van der Waals surface area contributed by atoms with E-state index in [0.29, 0.717) is 12.2 Å². The fourth-order valence-corrected chi connectivity index (χ4v) is 0.136. The zero-order valence-corrected chi connectivity index (χ0v) is 10.9. The minimum Gasteiger partial charge on any atom is -0.545 e. The Balaban J connectivity index is -0.000000245. The van der Waals surface area contributed by atoms with Crippen molar-refractivity contribution >= 4 is 11.9 Å². The van der Waals surface area contributed by atoms with Gasteiger partial charge in [-0.3, -0.25) is 0 Å². The first-order valence-electron chi connectivity index (χ1n) is 1.73. The van der Waals surface area contributed by atoms with Gasteiger partial charge in [0.15, 0.2) is 0 Å². The molecule has 0 heterocycles. The van der Waals surface area contributed by atoms with E-state index in [1.807, 2.05) is 0 Å². The van der Waals surface area contributed by atoms with E-state index in [1.165, 1.54) is 0 Å². The summed E-state index contributed by atoms with van der Waals surface area (Å²) in [5.41, 5.74) is 0. The Hall–Kier alpha value is 1.32. The average Bonchev–Trinajstić information content (AvgIpc) is 1.61. The third-order valence-electron chi connectivity index (χ3n) is 0.355. The van der Waals surface area contributed by atoms with Crippen molar-refractivity contribution in [2.75, 3.05) is 0 Å². The maximum Gasteiger partial charge on any atom is 1.00 e. The number of carboxylic acid groups (broad SMARTS) is 2. The maximum absolute atomic E-state index is 9.41. The first-order valence-corrected chi connectivity index (χ1v) is 1.73. The van der Waals surface area contributed by atoms with Crippen LogP contribution in [0.4, 0.5) is 0 Å². The fraction of sp³-hybridized carbons (Fsp3) is 0. The molecule has 0 bridgehead atoms. The van der Waals surface area contributed by atoms with Crippen LogP contribution < -0.4 is 91.2 Å². The van der Waals surface area contributed by atoms with Crippen molar-refractivity contribution in [1.82, 2.24) is 0 Å². The number of hydrogen-bond donors (Lipinski definition) is 0. The minimum absolute atomic E-state index is 0. The zero-order valence-electron chi connectivity index (χ0n) is 5.79. The van der Waals surface area contributed by atoms with E-state index >= 15 is 0 Å². The standard InChI is InChI=1S/C4H4O4.K.Na/c5-3(6)1-2-4(7)8;;/h1-2H,(H,5,6)(H,7,8);;/q;2*+1/p-2/b2-1+;;. The number of hydrogen-bond acceptors (Lipinski definition) is 4. The molecule has 44 valence electrons. The molecule has 0 aromatic carbocycles. The Morgan fingerprint density at radius 3 is 1.30 bits per heavy atom. The van der Waals surface area contributed by atoms with E-state index in [0.717, 1.165) is 0 Å². The smallest absolute Gasteiger partial charge is 0.545 e. The van der Waals surface area contributed by atoms with Gasteiger partial charge in [0.1, 0.15) is 0 Å². The largest absolute Gasteiger partial charge is 1.00 e. The summed E-state index contributed by atoms with van der Waals surface area (Å²) in [7, 11) is 0. The van der Waals surface area contributed by atoms with Crippen LogP contribution >= 0.6 is 0 Å². The summed E-state index contributed by atoms with van der Waals surface area (Å²) in [5.74, 6) is -3.09. The second-order valence-electron chi connectivity index (χ2n) is 0.971. The van der Waals surface area contributed by atoms with Gasteiger partial charge >= 0.3 is 80.9 Å². The SMILES string of the molecule is O=C([O-])/C=C/C(=O)[O-].[K+].[Na+]. The Bertz CT molecular complexity index is 128. The topological polar surface area (TPSA) is 80.3 Å². The number of aliphatic carboxylic acids is 2. The van der Waals surface area contributed by atoms with Crippen LogP contribution in [0.1, 0.15) is 0 Å². The molecule has 0 radical (unpaired) electrons. The van der Waals surface area contributed by atoms with Gasteiger partial charge < -0.3 is 19.8 Å². The molecular formula is C4H2KNaO4. The number of rotatable bonds is 2. The fourth-order valence-electron chi connectivity index (χ4n) is 0.136. The molecule has 6 heteroatoms. The van der Waals surface area contributed by atoms with Crippen molar-refractivity contribution in [3.63, 3.8) is 0 Å². The van der Waals surface area contributed by atoms with Crippen LogP contribution in [0.5, 0.6) is 0 Å². The Morgan fingerprint density at radius 2 is 1.20 bits per heavy atom. The Kier molecular flexibility index (Phi) is 18.0. The summed E-state index contributed by atoms with van der Waals surface area (Å²) >= 11 is 0. The van der Waals surface area contributed by atoms with Crippen molar-refractivity contribution in [2.24, 2.45) is 0 Å². The molecule has 0 saturated heterocycles. The summed E-state index contributed by atoms with van der Waals surface area (Å²) in [6.45, 7) is 0. The molecule has 0 fully saturated rings. The third-order valence-corrected chi connectivity index (χ3v) is 0.355. The van der Waals surface area contributed by atoms with E-state index in [2.05, 4.69) is 0 Å². The molecule has 0 spiro atoms. The Labute approximate surface area is 122 Å². The van der Waals surface area contributed by atoms with Crippen LogP contribution in [0.25, 0.3) is 0 Å². The molecule has 0 aliphatic carbocycles. The van der Waals surface area contributed by atoms with Crippen LogP contribution in [0.15, 0.2) is 12.2 Å². The molecule has 0 rings (SSSR count). The van der Waals surface area contributed by atoms with E-state index in [4.69, 9.17) is 0 Å². The predicted molar refractivity (Wildman–Crippen MR) is 19.2 cm³/mol. The van der Waals surface area contributed by atoms with Crippen molar-refractivity contribution in [1.29, 1.82) is 0 Å². The number of carbonyl (C=O) groups is 2. The molecule has 0 aliphatic rings. The molecule has 0 saturated carbocycles. The molecule has 10 heavy (non-hydrogen) atoms. The quantitative estimate of drug-likeness (QED) is 0.309. The number of carboxylic acids is 2. The van der Waals surface area contributed by atoms with Gasteiger partial charge in [-0.15, -0.1) is 0 Å². The van der Waals surface area contributed by atoms with E-state index in [-0.39, 0.29) is 80.9 Å². The normalized spacial score (nSPS) is 7.60. The third kappa shape index (κ3) is 16.2. The predicted octanol–water partition coefficient (Wildman–Crippen LogP) is -8.95. The maximum atomic E-state index is 9.41. The molecule has 0 aromatic heterocycles. The van der Waals surface area contributed by atoms with Gasteiger partial charge in [0, 0.05) is 0 Å². The molecule has 0 aliphatic heterocycles. The summed E-state index contributed by atoms with van der Waals surface area (Å²) < 4.78 is 0. The van der Waals surface area contributed by atoms with Crippen molar-refractivity contribution in [2.45, 2.75) is 0 Å². The molecule has 0 aromatic rings. The summed E-state index contributed by atoms with van der Waals surface area (Å²) in [5, 5.41) is 18.8. The monoisotopic (exact) mass is 176 g/mol. The van der Waals surface area contributed by atoms with E-state index < -0.39 is 11.9 Å². The van der Waals surface area contributed by atoms with Gasteiger partial charge in [-0.2, -0.15) is 0 Å². The molecule has 0 unspecified atom stereocenters. The summed E-state index contributed by atoms with van der Waals surface area (Å²) in [6.07, 6.45) is 0.769. The van der Waals surface area contributed by atoms with Crippen molar-refractivity contribution < 1.29 is 101 Å². The van der Waals surface area contributed by atoms with E-state index in [1.54, 1.807) is 0 Å². The van der Waals surface area contributed by atoms with E-state index in [9.17, 15) is 19.8 Å². The van der Waals surface area contributed by atoms with Crippen LogP contribution in [-0.4, -0.2) is 11.9 Å². The van der Waals surface area contributed by atoms with Gasteiger partial charge in [0.25, 0.3) is 0 Å². The first kappa shape index (κ1) is 17.4. The molecule has 4 nitrogen and oxygen atoms in total. The van der Waals surface area contributed by atoms with Gasteiger partial charge in [-0.1, -0.05) is 0 Å². The average molecular weight is 176 g/mol. The molecular weight excluding hydrogens is 174 g/mol. The van der Waals surface area contributed by atoms with Gasteiger partial charge in [0.05, 0.1) is 11.9 Å². The minimum atomic E-state index is -1.55. The van der Waals surface area contributed by atoms with Crippen molar-refractivity contribution in [3.8, 4) is 0 Å². The van der Waals surface area contributed by atoms with Crippen LogP contribution in [-0.2, 0) is 9.59 Å². The summed E-state index contributed by atoms with van der Waals surface area (Å²) in [4.78, 5) is 18.8.